The molecule has 2 nitrogen and oxygen atoms in total. The number of pyridine rings is 2. The van der Waals surface area contributed by atoms with Gasteiger partial charge in [-0.3, -0.25) is 4.98 Å². The van der Waals surface area contributed by atoms with Gasteiger partial charge in [0.15, 0.2) is 0 Å². The van der Waals surface area contributed by atoms with Crippen molar-refractivity contribution in [2.24, 2.45) is 0 Å². The van der Waals surface area contributed by atoms with E-state index >= 15 is 0 Å². The summed E-state index contributed by atoms with van der Waals surface area (Å²) in [6.07, 6.45) is 5.34. The van der Waals surface area contributed by atoms with Crippen molar-refractivity contribution >= 4 is 23.4 Å². The van der Waals surface area contributed by atoms with Crippen molar-refractivity contribution in [3.63, 3.8) is 0 Å². The fraction of sp³-hybridized carbons (Fsp3) is 0.0909. The number of nitrogens with zero attached hydrogens (tertiary/aromatic N) is 2. The Morgan fingerprint density at radius 1 is 1.27 bits per heavy atom. The lowest BCUT2D eigenvalue weighted by molar-refractivity contribution is 1.18. The molecule has 4 heteroatoms. The highest BCUT2D eigenvalue weighted by Gasteiger charge is 2.02. The summed E-state index contributed by atoms with van der Waals surface area (Å²) >= 11 is 7.51. The van der Waals surface area contributed by atoms with Gasteiger partial charge in [0.25, 0.3) is 0 Å². The maximum Gasteiger partial charge on any atom is 0.130 e. The number of rotatable bonds is 2. The zero-order valence-electron chi connectivity index (χ0n) is 8.14. The van der Waals surface area contributed by atoms with Crippen LogP contribution in [0.1, 0.15) is 5.56 Å². The van der Waals surface area contributed by atoms with E-state index in [1.165, 1.54) is 0 Å². The van der Waals surface area contributed by atoms with Gasteiger partial charge in [-0.2, -0.15) is 0 Å². The number of hydrogen-bond acceptors (Lipinski definition) is 3. The minimum atomic E-state index is 0.525. The second-order valence-electron chi connectivity index (χ2n) is 3.06. The van der Waals surface area contributed by atoms with Crippen LogP contribution in [0.25, 0.3) is 0 Å². The Bertz CT molecular complexity index is 459. The minimum absolute atomic E-state index is 0.525. The Morgan fingerprint density at radius 3 is 2.73 bits per heavy atom. The Balaban J connectivity index is 2.28. The molecule has 0 saturated carbocycles. The summed E-state index contributed by atoms with van der Waals surface area (Å²) in [7, 11) is 0. The predicted molar refractivity (Wildman–Crippen MR) is 62.3 cm³/mol. The van der Waals surface area contributed by atoms with Crippen LogP contribution in [-0.2, 0) is 0 Å². The number of aryl methyl sites for hydroxylation is 1. The van der Waals surface area contributed by atoms with Gasteiger partial charge in [0.05, 0.1) is 0 Å². The maximum absolute atomic E-state index is 5.85. The first-order chi connectivity index (χ1) is 7.25. The highest BCUT2D eigenvalue weighted by atomic mass is 35.5. The highest BCUT2D eigenvalue weighted by molar-refractivity contribution is 7.99. The molecule has 0 saturated heterocycles. The topological polar surface area (TPSA) is 25.8 Å². The van der Waals surface area contributed by atoms with Gasteiger partial charge in [-0.25, -0.2) is 4.98 Å². The SMILES string of the molecule is Cc1cnc(Cl)cc1Sc1ccncc1. The lowest BCUT2D eigenvalue weighted by Gasteiger charge is -2.04. The molecule has 0 bridgehead atoms. The van der Waals surface area contributed by atoms with Gasteiger partial charge in [0.1, 0.15) is 5.15 Å². The van der Waals surface area contributed by atoms with Gasteiger partial charge in [0.2, 0.25) is 0 Å². The molecule has 0 spiro atoms. The lowest BCUT2D eigenvalue weighted by atomic mass is 10.3. The third kappa shape index (κ3) is 2.70. The first kappa shape index (κ1) is 10.5. The number of halogens is 1. The Morgan fingerprint density at radius 2 is 2.00 bits per heavy atom. The summed E-state index contributed by atoms with van der Waals surface area (Å²) < 4.78 is 0. The Hall–Kier alpha value is -1.06. The van der Waals surface area contributed by atoms with E-state index in [9.17, 15) is 0 Å². The number of aromatic nitrogens is 2. The lowest BCUT2D eigenvalue weighted by Crippen LogP contribution is -1.83. The molecule has 0 amide bonds. The molecule has 0 unspecified atom stereocenters. The summed E-state index contributed by atoms with van der Waals surface area (Å²) in [4.78, 5) is 10.3. The van der Waals surface area contributed by atoms with Crippen molar-refractivity contribution < 1.29 is 0 Å². The molecule has 15 heavy (non-hydrogen) atoms. The molecule has 0 fully saturated rings. The standard InChI is InChI=1S/C11H9ClN2S/c1-8-7-14-11(12)6-10(8)15-9-2-4-13-5-3-9/h2-7H,1H3. The molecular weight excluding hydrogens is 228 g/mol. The van der Waals surface area contributed by atoms with E-state index in [1.807, 2.05) is 25.1 Å². The molecule has 2 rings (SSSR count). The summed E-state index contributed by atoms with van der Waals surface area (Å²) in [5.41, 5.74) is 1.13. The van der Waals surface area contributed by atoms with Gasteiger partial charge in [-0.15, -0.1) is 0 Å². The van der Waals surface area contributed by atoms with Crippen LogP contribution in [0.3, 0.4) is 0 Å². The molecule has 0 N–H and O–H groups in total. The molecule has 2 heterocycles. The Kier molecular flexibility index (Phi) is 3.23. The molecule has 0 atom stereocenters. The zero-order chi connectivity index (χ0) is 10.7. The van der Waals surface area contributed by atoms with Crippen LogP contribution >= 0.6 is 23.4 Å². The van der Waals surface area contributed by atoms with E-state index in [0.717, 1.165) is 15.4 Å². The van der Waals surface area contributed by atoms with E-state index in [4.69, 9.17) is 11.6 Å². The smallest absolute Gasteiger partial charge is 0.130 e. The van der Waals surface area contributed by atoms with Crippen molar-refractivity contribution in [3.8, 4) is 0 Å². The first-order valence-corrected chi connectivity index (χ1v) is 5.65. The largest absolute Gasteiger partial charge is 0.265 e. The van der Waals surface area contributed by atoms with Crippen LogP contribution in [-0.4, -0.2) is 9.97 Å². The third-order valence-corrected chi connectivity index (χ3v) is 3.27. The highest BCUT2D eigenvalue weighted by Crippen LogP contribution is 2.30. The van der Waals surface area contributed by atoms with Crippen molar-refractivity contribution in [1.29, 1.82) is 0 Å². The van der Waals surface area contributed by atoms with Crippen molar-refractivity contribution in [3.05, 3.63) is 47.5 Å². The molecular formula is C11H9ClN2S. The van der Waals surface area contributed by atoms with Crippen LogP contribution in [0.15, 0.2) is 46.6 Å². The number of hydrogen-bond donors (Lipinski definition) is 0. The summed E-state index contributed by atoms with van der Waals surface area (Å²) in [6.45, 7) is 2.02. The average Bonchev–Trinajstić information content (AvgIpc) is 2.25. The van der Waals surface area contributed by atoms with Crippen LogP contribution < -0.4 is 0 Å². The van der Waals surface area contributed by atoms with Crippen LogP contribution in [0, 0.1) is 6.92 Å². The average molecular weight is 237 g/mol. The molecule has 76 valence electrons. The second-order valence-corrected chi connectivity index (χ2v) is 4.56. The quantitative estimate of drug-likeness (QED) is 0.746. The van der Waals surface area contributed by atoms with E-state index in [2.05, 4.69) is 9.97 Å². The van der Waals surface area contributed by atoms with Gasteiger partial charge >= 0.3 is 0 Å². The predicted octanol–water partition coefficient (Wildman–Crippen LogP) is 3.59. The first-order valence-electron chi connectivity index (χ1n) is 4.46. The summed E-state index contributed by atoms with van der Waals surface area (Å²) in [6, 6.07) is 5.82. The van der Waals surface area contributed by atoms with Crippen LogP contribution in [0.2, 0.25) is 5.15 Å². The zero-order valence-corrected chi connectivity index (χ0v) is 9.72. The molecule has 0 aliphatic rings. The van der Waals surface area contributed by atoms with Crippen molar-refractivity contribution in [2.45, 2.75) is 16.7 Å². The second kappa shape index (κ2) is 4.64. The van der Waals surface area contributed by atoms with E-state index in [1.54, 1.807) is 30.4 Å². The van der Waals surface area contributed by atoms with Gasteiger partial charge < -0.3 is 0 Å². The molecule has 0 radical (unpaired) electrons. The van der Waals surface area contributed by atoms with Crippen LogP contribution in [0.5, 0.6) is 0 Å². The van der Waals surface area contributed by atoms with Crippen LogP contribution in [0.4, 0.5) is 0 Å². The van der Waals surface area contributed by atoms with Gasteiger partial charge in [0, 0.05) is 28.4 Å². The fourth-order valence-electron chi connectivity index (χ4n) is 1.12. The fourth-order valence-corrected chi connectivity index (χ4v) is 2.24. The normalized spacial score (nSPS) is 10.3. The van der Waals surface area contributed by atoms with Crippen molar-refractivity contribution in [1.82, 2.24) is 9.97 Å². The van der Waals surface area contributed by atoms with E-state index in [-0.39, 0.29) is 0 Å². The van der Waals surface area contributed by atoms with E-state index in [0.29, 0.717) is 5.15 Å². The summed E-state index contributed by atoms with van der Waals surface area (Å²) in [5.74, 6) is 0. The molecule has 2 aromatic heterocycles. The molecule has 0 aromatic carbocycles. The molecule has 0 aliphatic heterocycles. The van der Waals surface area contributed by atoms with Gasteiger partial charge in [-0.1, -0.05) is 23.4 Å². The monoisotopic (exact) mass is 236 g/mol. The Labute approximate surface area is 97.7 Å². The molecule has 2 aromatic rings. The third-order valence-electron chi connectivity index (χ3n) is 1.90. The van der Waals surface area contributed by atoms with Gasteiger partial charge in [-0.05, 0) is 30.7 Å². The minimum Gasteiger partial charge on any atom is -0.265 e. The van der Waals surface area contributed by atoms with E-state index < -0.39 is 0 Å². The maximum atomic E-state index is 5.85. The summed E-state index contributed by atoms with van der Waals surface area (Å²) in [5, 5.41) is 0.525. The molecule has 0 aliphatic carbocycles. The van der Waals surface area contributed by atoms with Crippen molar-refractivity contribution in [2.75, 3.05) is 0 Å².